The Labute approximate surface area is 105 Å². The van der Waals surface area contributed by atoms with Gasteiger partial charge in [-0.05, 0) is 30.5 Å². The molecule has 1 atom stereocenters. The van der Waals surface area contributed by atoms with Crippen molar-refractivity contribution in [1.29, 1.82) is 0 Å². The number of ether oxygens (including phenoxy) is 1. The number of hydrogen-bond acceptors (Lipinski definition) is 2. The second kappa shape index (κ2) is 8.13. The van der Waals surface area contributed by atoms with E-state index in [2.05, 4.69) is 26.0 Å². The Kier molecular flexibility index (Phi) is 6.71. The van der Waals surface area contributed by atoms with Gasteiger partial charge in [-0.15, -0.1) is 0 Å². The molecule has 0 radical (unpaired) electrons. The molecule has 0 aliphatic carbocycles. The first-order valence-electron chi connectivity index (χ1n) is 6.76. The van der Waals surface area contributed by atoms with Gasteiger partial charge in [0.15, 0.2) is 0 Å². The average molecular weight is 235 g/mol. The summed E-state index contributed by atoms with van der Waals surface area (Å²) in [5, 5.41) is 0. The standard InChI is InChI=1S/C15H25NO/c1-3-5-6-7-11-17-14-10-8-9-13(12-14)15(16)4-2/h8-10,12,15H,3-7,11,16H2,1-2H3. The zero-order valence-corrected chi connectivity index (χ0v) is 11.1. The molecule has 17 heavy (non-hydrogen) atoms. The molecule has 2 nitrogen and oxygen atoms in total. The van der Waals surface area contributed by atoms with E-state index in [1.807, 2.05) is 12.1 Å². The first-order valence-corrected chi connectivity index (χ1v) is 6.76. The van der Waals surface area contributed by atoms with Gasteiger partial charge in [-0.2, -0.15) is 0 Å². The van der Waals surface area contributed by atoms with Gasteiger partial charge in [0.25, 0.3) is 0 Å². The van der Waals surface area contributed by atoms with Gasteiger partial charge in [-0.1, -0.05) is 45.2 Å². The Morgan fingerprint density at radius 3 is 2.71 bits per heavy atom. The van der Waals surface area contributed by atoms with Crippen LogP contribution in [0.5, 0.6) is 5.75 Å². The number of unbranched alkanes of at least 4 members (excludes halogenated alkanes) is 3. The summed E-state index contributed by atoms with van der Waals surface area (Å²) >= 11 is 0. The van der Waals surface area contributed by atoms with E-state index >= 15 is 0 Å². The summed E-state index contributed by atoms with van der Waals surface area (Å²) < 4.78 is 5.73. The molecule has 2 heteroatoms. The maximum absolute atomic E-state index is 6.00. The minimum atomic E-state index is 0.124. The van der Waals surface area contributed by atoms with Gasteiger partial charge in [0.1, 0.15) is 5.75 Å². The SMILES string of the molecule is CCCCCCOc1cccc(C(N)CC)c1. The molecule has 1 aromatic rings. The second-order valence-electron chi connectivity index (χ2n) is 4.50. The Bertz CT molecular complexity index is 312. The number of nitrogens with two attached hydrogens (primary N) is 1. The third kappa shape index (κ3) is 5.22. The average Bonchev–Trinajstić information content (AvgIpc) is 2.38. The lowest BCUT2D eigenvalue weighted by atomic mass is 10.1. The highest BCUT2D eigenvalue weighted by Crippen LogP contribution is 2.19. The first kappa shape index (κ1) is 14.0. The van der Waals surface area contributed by atoms with Gasteiger partial charge in [0, 0.05) is 6.04 Å². The van der Waals surface area contributed by atoms with Crippen molar-refractivity contribution >= 4 is 0 Å². The summed E-state index contributed by atoms with van der Waals surface area (Å²) in [5.41, 5.74) is 7.17. The van der Waals surface area contributed by atoms with Crippen LogP contribution in [0.25, 0.3) is 0 Å². The van der Waals surface area contributed by atoms with Gasteiger partial charge in [0.05, 0.1) is 6.61 Å². The lowest BCUT2D eigenvalue weighted by Crippen LogP contribution is -2.08. The predicted octanol–water partition coefficient (Wildman–Crippen LogP) is 4.06. The van der Waals surface area contributed by atoms with Crippen LogP contribution in [0.15, 0.2) is 24.3 Å². The zero-order chi connectivity index (χ0) is 12.5. The van der Waals surface area contributed by atoms with E-state index in [1.54, 1.807) is 0 Å². The molecule has 0 aliphatic heterocycles. The van der Waals surface area contributed by atoms with Crippen LogP contribution in [-0.4, -0.2) is 6.61 Å². The molecule has 96 valence electrons. The Balaban J connectivity index is 2.38. The maximum atomic E-state index is 6.00. The summed E-state index contributed by atoms with van der Waals surface area (Å²) in [5.74, 6) is 0.947. The van der Waals surface area contributed by atoms with Crippen molar-refractivity contribution < 1.29 is 4.74 Å². The summed E-state index contributed by atoms with van der Waals surface area (Å²) in [6.45, 7) is 5.13. The summed E-state index contributed by atoms with van der Waals surface area (Å²) in [7, 11) is 0. The minimum Gasteiger partial charge on any atom is -0.494 e. The third-order valence-corrected chi connectivity index (χ3v) is 2.99. The molecule has 0 saturated heterocycles. The van der Waals surface area contributed by atoms with Crippen molar-refractivity contribution in [3.63, 3.8) is 0 Å². The van der Waals surface area contributed by atoms with Crippen molar-refractivity contribution in [2.24, 2.45) is 5.73 Å². The molecular formula is C15H25NO. The van der Waals surface area contributed by atoms with Gasteiger partial charge in [-0.3, -0.25) is 0 Å². The first-order chi connectivity index (χ1) is 8.27. The lowest BCUT2D eigenvalue weighted by Gasteiger charge is -2.11. The number of rotatable bonds is 8. The number of hydrogen-bond donors (Lipinski definition) is 1. The van der Waals surface area contributed by atoms with Crippen LogP contribution in [0, 0.1) is 0 Å². The van der Waals surface area contributed by atoms with Crippen LogP contribution >= 0.6 is 0 Å². The third-order valence-electron chi connectivity index (χ3n) is 2.99. The lowest BCUT2D eigenvalue weighted by molar-refractivity contribution is 0.304. The maximum Gasteiger partial charge on any atom is 0.119 e. The van der Waals surface area contributed by atoms with Gasteiger partial charge >= 0.3 is 0 Å². The molecule has 1 rings (SSSR count). The van der Waals surface area contributed by atoms with Crippen molar-refractivity contribution in [3.05, 3.63) is 29.8 Å². The van der Waals surface area contributed by atoms with Crippen molar-refractivity contribution in [1.82, 2.24) is 0 Å². The molecule has 1 unspecified atom stereocenters. The molecule has 0 fully saturated rings. The number of benzene rings is 1. The van der Waals surface area contributed by atoms with Crippen LogP contribution < -0.4 is 10.5 Å². The summed E-state index contributed by atoms with van der Waals surface area (Å²) in [6.07, 6.45) is 5.91. The highest BCUT2D eigenvalue weighted by Gasteiger charge is 2.04. The fourth-order valence-electron chi connectivity index (χ4n) is 1.79. The highest BCUT2D eigenvalue weighted by molar-refractivity contribution is 5.30. The van der Waals surface area contributed by atoms with Gasteiger partial charge < -0.3 is 10.5 Å². The van der Waals surface area contributed by atoms with Crippen LogP contribution in [0.1, 0.15) is 57.6 Å². The Morgan fingerprint density at radius 1 is 1.18 bits per heavy atom. The molecule has 0 aromatic heterocycles. The fourth-order valence-corrected chi connectivity index (χ4v) is 1.79. The van der Waals surface area contributed by atoms with E-state index in [-0.39, 0.29) is 6.04 Å². The summed E-state index contributed by atoms with van der Waals surface area (Å²) in [4.78, 5) is 0. The topological polar surface area (TPSA) is 35.2 Å². The van der Waals surface area contributed by atoms with Crippen LogP contribution in [0.3, 0.4) is 0 Å². The molecule has 0 amide bonds. The quantitative estimate of drug-likeness (QED) is 0.690. The molecular weight excluding hydrogens is 210 g/mol. The molecule has 2 N–H and O–H groups in total. The van der Waals surface area contributed by atoms with Crippen LogP contribution in [-0.2, 0) is 0 Å². The van der Waals surface area contributed by atoms with E-state index in [9.17, 15) is 0 Å². The molecule has 0 heterocycles. The van der Waals surface area contributed by atoms with E-state index < -0.39 is 0 Å². The van der Waals surface area contributed by atoms with Crippen molar-refractivity contribution in [2.75, 3.05) is 6.61 Å². The largest absolute Gasteiger partial charge is 0.494 e. The fraction of sp³-hybridized carbons (Fsp3) is 0.600. The van der Waals surface area contributed by atoms with Crippen LogP contribution in [0.2, 0.25) is 0 Å². The minimum absolute atomic E-state index is 0.124. The van der Waals surface area contributed by atoms with Crippen molar-refractivity contribution in [2.45, 2.75) is 52.0 Å². The predicted molar refractivity (Wildman–Crippen MR) is 73.3 cm³/mol. The summed E-state index contributed by atoms with van der Waals surface area (Å²) in [6, 6.07) is 8.28. The van der Waals surface area contributed by atoms with Crippen LogP contribution in [0.4, 0.5) is 0 Å². The van der Waals surface area contributed by atoms with Gasteiger partial charge in [-0.25, -0.2) is 0 Å². The molecule has 1 aromatic carbocycles. The highest BCUT2D eigenvalue weighted by atomic mass is 16.5. The van der Waals surface area contributed by atoms with E-state index in [0.717, 1.165) is 25.2 Å². The van der Waals surface area contributed by atoms with E-state index in [4.69, 9.17) is 10.5 Å². The Morgan fingerprint density at radius 2 is 2.00 bits per heavy atom. The van der Waals surface area contributed by atoms with Crippen molar-refractivity contribution in [3.8, 4) is 5.75 Å². The molecule has 0 bridgehead atoms. The molecule has 0 saturated carbocycles. The smallest absolute Gasteiger partial charge is 0.119 e. The molecule has 0 spiro atoms. The zero-order valence-electron chi connectivity index (χ0n) is 11.1. The normalized spacial score (nSPS) is 12.4. The monoisotopic (exact) mass is 235 g/mol. The Hall–Kier alpha value is -1.02. The second-order valence-corrected chi connectivity index (χ2v) is 4.50. The van der Waals surface area contributed by atoms with E-state index in [0.29, 0.717) is 0 Å². The van der Waals surface area contributed by atoms with E-state index in [1.165, 1.54) is 24.8 Å². The molecule has 0 aliphatic rings. The van der Waals surface area contributed by atoms with Gasteiger partial charge in [0.2, 0.25) is 0 Å².